The fraction of sp³-hybridized carbons (Fsp3) is 0.500. The molecule has 0 amide bonds. The molecule has 0 aliphatic heterocycles. The van der Waals surface area contributed by atoms with E-state index in [1.807, 2.05) is 20.8 Å². The van der Waals surface area contributed by atoms with E-state index in [0.29, 0.717) is 6.42 Å². The summed E-state index contributed by atoms with van der Waals surface area (Å²) in [5.74, 6) is -0.432. The summed E-state index contributed by atoms with van der Waals surface area (Å²) in [5.41, 5.74) is 1.08. The minimum Gasteiger partial charge on any atom is -0.284 e. The Morgan fingerprint density at radius 3 is 2.29 bits per heavy atom. The summed E-state index contributed by atoms with van der Waals surface area (Å²) in [6.07, 6.45) is 1.73. The Kier molecular flexibility index (Phi) is 3.81. The first kappa shape index (κ1) is 14.0. The molecule has 0 radical (unpaired) electrons. The predicted molar refractivity (Wildman–Crippen MR) is 68.0 cm³/mol. The molecule has 0 spiro atoms. The number of halogens is 1. The fourth-order valence-electron chi connectivity index (χ4n) is 1.64. The number of hydrogen-bond donors (Lipinski definition) is 1. The van der Waals surface area contributed by atoms with Crippen LogP contribution in [0, 0.1) is 11.2 Å². The van der Waals surface area contributed by atoms with Gasteiger partial charge in [0.15, 0.2) is 0 Å². The van der Waals surface area contributed by atoms with Crippen LogP contribution in [0.3, 0.4) is 0 Å². The third-order valence-electron chi connectivity index (χ3n) is 2.00. The second-order valence-electron chi connectivity index (χ2n) is 5.46. The summed E-state index contributed by atoms with van der Waals surface area (Å²) in [4.78, 5) is 0. The molecule has 0 aliphatic carbocycles. The Morgan fingerprint density at radius 1 is 1.24 bits per heavy atom. The van der Waals surface area contributed by atoms with Gasteiger partial charge in [-0.1, -0.05) is 20.8 Å². The monoisotopic (exact) mass is 259 g/mol. The molecule has 3 nitrogen and oxygen atoms in total. The zero-order chi connectivity index (χ0) is 13.3. The maximum atomic E-state index is 13.3. The van der Waals surface area contributed by atoms with E-state index in [2.05, 4.69) is 4.72 Å². The van der Waals surface area contributed by atoms with Gasteiger partial charge in [-0.25, -0.2) is 12.8 Å². The van der Waals surface area contributed by atoms with Gasteiger partial charge in [0.25, 0.3) is 0 Å². The van der Waals surface area contributed by atoms with Crippen molar-refractivity contribution in [2.24, 2.45) is 5.41 Å². The lowest BCUT2D eigenvalue weighted by atomic mass is 9.88. The van der Waals surface area contributed by atoms with Crippen molar-refractivity contribution in [1.29, 1.82) is 0 Å². The quantitative estimate of drug-likeness (QED) is 0.907. The Hall–Kier alpha value is -1.10. The van der Waals surface area contributed by atoms with Gasteiger partial charge in [0, 0.05) is 0 Å². The van der Waals surface area contributed by atoms with Gasteiger partial charge >= 0.3 is 0 Å². The van der Waals surface area contributed by atoms with Crippen molar-refractivity contribution in [2.45, 2.75) is 27.2 Å². The fourth-order valence-corrected chi connectivity index (χ4v) is 2.18. The van der Waals surface area contributed by atoms with E-state index < -0.39 is 15.8 Å². The van der Waals surface area contributed by atoms with Crippen molar-refractivity contribution in [3.8, 4) is 0 Å². The minimum atomic E-state index is -3.37. The molecule has 96 valence electrons. The number of sulfonamides is 1. The maximum Gasteiger partial charge on any atom is 0.229 e. The smallest absolute Gasteiger partial charge is 0.229 e. The van der Waals surface area contributed by atoms with E-state index in [4.69, 9.17) is 0 Å². The molecule has 0 aromatic heterocycles. The highest BCUT2D eigenvalue weighted by Crippen LogP contribution is 2.23. The van der Waals surface area contributed by atoms with Crippen molar-refractivity contribution < 1.29 is 12.8 Å². The van der Waals surface area contributed by atoms with E-state index in [-0.39, 0.29) is 11.1 Å². The highest BCUT2D eigenvalue weighted by Gasteiger charge is 2.13. The second-order valence-corrected chi connectivity index (χ2v) is 7.21. The summed E-state index contributed by atoms with van der Waals surface area (Å²) in [7, 11) is -3.37. The average molecular weight is 259 g/mol. The normalized spacial score (nSPS) is 12.5. The van der Waals surface area contributed by atoms with Crippen molar-refractivity contribution in [2.75, 3.05) is 11.0 Å². The van der Waals surface area contributed by atoms with Crippen LogP contribution in [-0.2, 0) is 16.4 Å². The molecule has 1 rings (SSSR count). The Morgan fingerprint density at radius 2 is 1.82 bits per heavy atom. The van der Waals surface area contributed by atoms with Crippen LogP contribution in [0.2, 0.25) is 0 Å². The molecular formula is C12H18FNO2S. The van der Waals surface area contributed by atoms with Crippen molar-refractivity contribution >= 4 is 15.7 Å². The molecule has 0 heterocycles. The van der Waals surface area contributed by atoms with Crippen molar-refractivity contribution in [3.63, 3.8) is 0 Å². The highest BCUT2D eigenvalue weighted by atomic mass is 32.2. The van der Waals surface area contributed by atoms with Gasteiger partial charge in [0.1, 0.15) is 5.82 Å². The molecule has 0 saturated heterocycles. The predicted octanol–water partition coefficient (Wildman–Crippen LogP) is 2.79. The summed E-state index contributed by atoms with van der Waals surface area (Å²) in [6, 6.07) is 4.27. The van der Waals surface area contributed by atoms with Crippen LogP contribution in [0.15, 0.2) is 18.2 Å². The molecule has 0 bridgehead atoms. The molecule has 0 atom stereocenters. The van der Waals surface area contributed by atoms with E-state index in [0.717, 1.165) is 11.8 Å². The van der Waals surface area contributed by atoms with Gasteiger partial charge in [0.2, 0.25) is 10.0 Å². The molecule has 0 saturated carbocycles. The first-order valence-corrected chi connectivity index (χ1v) is 7.22. The van der Waals surface area contributed by atoms with Crippen LogP contribution in [0.1, 0.15) is 26.3 Å². The number of rotatable bonds is 3. The van der Waals surface area contributed by atoms with E-state index in [9.17, 15) is 12.8 Å². The Bertz CT molecular complexity index is 504. The molecule has 1 aromatic rings. The van der Waals surface area contributed by atoms with Gasteiger partial charge < -0.3 is 0 Å². The lowest BCUT2D eigenvalue weighted by Crippen LogP contribution is -2.12. The summed E-state index contributed by atoms with van der Waals surface area (Å²) < 4.78 is 37.8. The standard InChI is InChI=1S/C12H18FNO2S/c1-12(2,3)8-9-5-10(13)7-11(6-9)14-17(4,15)16/h5-7,14H,8H2,1-4H3. The molecule has 1 N–H and O–H groups in total. The largest absolute Gasteiger partial charge is 0.284 e. The lowest BCUT2D eigenvalue weighted by molar-refractivity contribution is 0.410. The average Bonchev–Trinajstić information content (AvgIpc) is 1.93. The summed E-state index contributed by atoms with van der Waals surface area (Å²) in [5, 5.41) is 0. The van der Waals surface area contributed by atoms with Crippen LogP contribution >= 0.6 is 0 Å². The summed E-state index contributed by atoms with van der Waals surface area (Å²) in [6.45, 7) is 6.13. The molecular weight excluding hydrogens is 241 g/mol. The number of benzene rings is 1. The third kappa shape index (κ3) is 5.68. The molecule has 1 aromatic carbocycles. The zero-order valence-corrected chi connectivity index (χ0v) is 11.4. The molecule has 0 fully saturated rings. The highest BCUT2D eigenvalue weighted by molar-refractivity contribution is 7.92. The number of hydrogen-bond acceptors (Lipinski definition) is 2. The minimum absolute atomic E-state index is 0.0240. The summed E-state index contributed by atoms with van der Waals surface area (Å²) >= 11 is 0. The number of nitrogens with one attached hydrogen (secondary N) is 1. The second kappa shape index (κ2) is 4.64. The van der Waals surface area contributed by atoms with Crippen LogP contribution in [-0.4, -0.2) is 14.7 Å². The van der Waals surface area contributed by atoms with Gasteiger partial charge in [-0.05, 0) is 35.6 Å². The van der Waals surface area contributed by atoms with E-state index in [1.165, 1.54) is 12.1 Å². The van der Waals surface area contributed by atoms with Gasteiger partial charge in [-0.15, -0.1) is 0 Å². The van der Waals surface area contributed by atoms with Crippen LogP contribution in [0.4, 0.5) is 10.1 Å². The van der Waals surface area contributed by atoms with Gasteiger partial charge in [-0.2, -0.15) is 0 Å². The lowest BCUT2D eigenvalue weighted by Gasteiger charge is -2.18. The van der Waals surface area contributed by atoms with Crippen molar-refractivity contribution in [3.05, 3.63) is 29.6 Å². The molecule has 5 heteroatoms. The molecule has 17 heavy (non-hydrogen) atoms. The van der Waals surface area contributed by atoms with E-state index in [1.54, 1.807) is 6.07 Å². The van der Waals surface area contributed by atoms with Crippen molar-refractivity contribution in [1.82, 2.24) is 0 Å². The first-order valence-electron chi connectivity index (χ1n) is 5.32. The molecule has 0 unspecified atom stereocenters. The van der Waals surface area contributed by atoms with Gasteiger partial charge in [0.05, 0.1) is 11.9 Å². The van der Waals surface area contributed by atoms with Crippen LogP contribution in [0.25, 0.3) is 0 Å². The maximum absolute atomic E-state index is 13.3. The first-order chi connectivity index (χ1) is 7.55. The molecule has 0 aliphatic rings. The SMILES string of the molecule is CC(C)(C)Cc1cc(F)cc(NS(C)(=O)=O)c1. The Balaban J connectivity index is 3.03. The topological polar surface area (TPSA) is 46.2 Å². The number of anilines is 1. The third-order valence-corrected chi connectivity index (χ3v) is 2.60. The van der Waals surface area contributed by atoms with Crippen LogP contribution < -0.4 is 4.72 Å². The van der Waals surface area contributed by atoms with Crippen LogP contribution in [0.5, 0.6) is 0 Å². The Labute approximate surface area is 102 Å². The zero-order valence-electron chi connectivity index (χ0n) is 10.5. The van der Waals surface area contributed by atoms with Gasteiger partial charge in [-0.3, -0.25) is 4.72 Å². The van der Waals surface area contributed by atoms with E-state index >= 15 is 0 Å².